The molecule has 1 rings (SSSR count). The number of anilines is 1. The molecule has 0 spiro atoms. The summed E-state index contributed by atoms with van der Waals surface area (Å²) in [7, 11) is 0. The normalized spacial score (nSPS) is 10.8. The predicted molar refractivity (Wildman–Crippen MR) is 48.9 cm³/mol. The van der Waals surface area contributed by atoms with Crippen LogP contribution < -0.4 is 5.73 Å². The first-order chi connectivity index (χ1) is 4.50. The van der Waals surface area contributed by atoms with Gasteiger partial charge in [-0.05, 0) is 26.8 Å². The van der Waals surface area contributed by atoms with Crippen molar-refractivity contribution in [2.24, 2.45) is 0 Å². The van der Waals surface area contributed by atoms with Crippen LogP contribution in [-0.2, 0) is 5.54 Å². The first-order valence-electron chi connectivity index (χ1n) is 3.32. The van der Waals surface area contributed by atoms with Crippen molar-refractivity contribution in [2.75, 3.05) is 5.73 Å². The van der Waals surface area contributed by atoms with Crippen LogP contribution in [0.3, 0.4) is 0 Å². The number of hydrogen-bond donors (Lipinski definition) is 1. The van der Waals surface area contributed by atoms with Gasteiger partial charge in [-0.25, -0.2) is 0 Å². The molecule has 3 nitrogen and oxygen atoms in total. The van der Waals surface area contributed by atoms with Crippen LogP contribution in [0.2, 0.25) is 0 Å². The van der Waals surface area contributed by atoms with Crippen LogP contribution in [0.25, 0.3) is 0 Å². The second-order valence-corrected chi connectivity index (χ2v) is 3.36. The molecule has 1 heterocycles. The van der Waals surface area contributed by atoms with Crippen molar-refractivity contribution in [2.45, 2.75) is 26.3 Å². The second kappa shape index (κ2) is 3.13. The molecule has 0 atom stereocenters. The van der Waals surface area contributed by atoms with E-state index in [1.54, 1.807) is 6.07 Å². The molecule has 0 radical (unpaired) electrons. The molecule has 11 heavy (non-hydrogen) atoms. The Morgan fingerprint density at radius 1 is 1.45 bits per heavy atom. The number of nitrogens with zero attached hydrogens (tertiary/aromatic N) is 2. The van der Waals surface area contributed by atoms with Gasteiger partial charge in [0, 0.05) is 6.20 Å². The zero-order valence-corrected chi connectivity index (χ0v) is 7.85. The van der Waals surface area contributed by atoms with E-state index in [0.717, 1.165) is 0 Å². The Morgan fingerprint density at radius 3 is 2.18 bits per heavy atom. The topological polar surface area (TPSA) is 43.8 Å². The lowest BCUT2D eigenvalue weighted by molar-refractivity contribution is 0.356. The molecule has 0 fully saturated rings. The minimum atomic E-state index is 0. The zero-order chi connectivity index (χ0) is 7.78. The molecule has 0 unspecified atom stereocenters. The second-order valence-electron chi connectivity index (χ2n) is 3.36. The molecule has 4 heteroatoms. The molecule has 0 amide bonds. The Balaban J connectivity index is 0.000001000. The number of hydrogen-bond acceptors (Lipinski definition) is 2. The number of nitrogen functional groups attached to an aromatic ring is 1. The Kier molecular flexibility index (Phi) is 2.93. The maximum absolute atomic E-state index is 5.44. The summed E-state index contributed by atoms with van der Waals surface area (Å²) in [5, 5.41) is 4.08. The third-order valence-electron chi connectivity index (χ3n) is 1.30. The molecule has 2 N–H and O–H groups in total. The van der Waals surface area contributed by atoms with Gasteiger partial charge in [0.25, 0.3) is 0 Å². The fraction of sp³-hybridized carbons (Fsp3) is 0.571. The van der Waals surface area contributed by atoms with E-state index in [1.807, 2.05) is 10.9 Å². The van der Waals surface area contributed by atoms with Gasteiger partial charge in [0.15, 0.2) is 0 Å². The van der Waals surface area contributed by atoms with Crippen molar-refractivity contribution < 1.29 is 0 Å². The van der Waals surface area contributed by atoms with Crippen molar-refractivity contribution in [1.82, 2.24) is 9.78 Å². The van der Waals surface area contributed by atoms with Gasteiger partial charge in [-0.1, -0.05) is 0 Å². The van der Waals surface area contributed by atoms with E-state index < -0.39 is 0 Å². The van der Waals surface area contributed by atoms with Crippen molar-refractivity contribution in [3.63, 3.8) is 0 Å². The summed E-state index contributed by atoms with van der Waals surface area (Å²) in [4.78, 5) is 0. The molecular weight excluding hydrogens is 162 g/mol. The van der Waals surface area contributed by atoms with Gasteiger partial charge in [-0.3, -0.25) is 4.68 Å². The standard InChI is InChI=1S/C7H13N3.ClH/c1-7(2,3)10-5-4-6(8)9-10;/h4-5H,1-3H3,(H2,8,9);1H. The molecule has 0 aromatic carbocycles. The van der Waals surface area contributed by atoms with E-state index in [1.165, 1.54) is 0 Å². The highest BCUT2D eigenvalue weighted by Crippen LogP contribution is 2.12. The highest BCUT2D eigenvalue weighted by atomic mass is 35.5. The van der Waals surface area contributed by atoms with E-state index in [9.17, 15) is 0 Å². The van der Waals surface area contributed by atoms with Gasteiger partial charge < -0.3 is 5.73 Å². The summed E-state index contributed by atoms with van der Waals surface area (Å²) in [5.74, 6) is 0.579. The number of nitrogens with two attached hydrogens (primary N) is 1. The van der Waals surface area contributed by atoms with Crippen LogP contribution in [-0.4, -0.2) is 9.78 Å². The lowest BCUT2D eigenvalue weighted by Gasteiger charge is -2.18. The van der Waals surface area contributed by atoms with Crippen molar-refractivity contribution >= 4 is 18.2 Å². The van der Waals surface area contributed by atoms with Crippen LogP contribution >= 0.6 is 12.4 Å². The molecule has 1 aromatic rings. The number of rotatable bonds is 0. The third-order valence-corrected chi connectivity index (χ3v) is 1.30. The van der Waals surface area contributed by atoms with Crippen LogP contribution in [0.4, 0.5) is 5.82 Å². The molecular formula is C7H14ClN3. The monoisotopic (exact) mass is 175 g/mol. The Hall–Kier alpha value is -0.700. The van der Waals surface area contributed by atoms with E-state index in [4.69, 9.17) is 5.73 Å². The van der Waals surface area contributed by atoms with Crippen molar-refractivity contribution in [1.29, 1.82) is 0 Å². The van der Waals surface area contributed by atoms with E-state index in [2.05, 4.69) is 25.9 Å². The van der Waals surface area contributed by atoms with E-state index in [-0.39, 0.29) is 17.9 Å². The molecule has 64 valence electrons. The minimum absolute atomic E-state index is 0. The Bertz CT molecular complexity index is 224. The van der Waals surface area contributed by atoms with Gasteiger partial charge in [0.1, 0.15) is 5.82 Å². The summed E-state index contributed by atoms with van der Waals surface area (Å²) in [6.45, 7) is 6.25. The van der Waals surface area contributed by atoms with Gasteiger partial charge in [-0.2, -0.15) is 5.10 Å². The Labute approximate surface area is 73.0 Å². The van der Waals surface area contributed by atoms with Crippen LogP contribution in [0, 0.1) is 0 Å². The molecule has 1 aromatic heterocycles. The lowest BCUT2D eigenvalue weighted by atomic mass is 10.1. The quantitative estimate of drug-likeness (QED) is 0.652. The maximum atomic E-state index is 5.44. The minimum Gasteiger partial charge on any atom is -0.382 e. The highest BCUT2D eigenvalue weighted by molar-refractivity contribution is 5.85. The fourth-order valence-electron chi connectivity index (χ4n) is 0.712. The molecule has 0 bridgehead atoms. The number of halogens is 1. The summed E-state index contributed by atoms with van der Waals surface area (Å²) in [5.41, 5.74) is 5.48. The average Bonchev–Trinajstić information content (AvgIpc) is 2.11. The smallest absolute Gasteiger partial charge is 0.145 e. The molecule has 0 saturated heterocycles. The lowest BCUT2D eigenvalue weighted by Crippen LogP contribution is -2.22. The van der Waals surface area contributed by atoms with Crippen LogP contribution in [0.1, 0.15) is 20.8 Å². The van der Waals surface area contributed by atoms with Gasteiger partial charge >= 0.3 is 0 Å². The first kappa shape index (κ1) is 10.3. The molecule has 0 aliphatic carbocycles. The van der Waals surface area contributed by atoms with Crippen LogP contribution in [0.5, 0.6) is 0 Å². The summed E-state index contributed by atoms with van der Waals surface area (Å²) in [6.07, 6.45) is 1.88. The summed E-state index contributed by atoms with van der Waals surface area (Å²) < 4.78 is 1.85. The third kappa shape index (κ3) is 2.42. The van der Waals surface area contributed by atoms with Crippen molar-refractivity contribution in [3.8, 4) is 0 Å². The van der Waals surface area contributed by atoms with Gasteiger partial charge in [0.2, 0.25) is 0 Å². The average molecular weight is 176 g/mol. The highest BCUT2D eigenvalue weighted by Gasteiger charge is 2.12. The first-order valence-corrected chi connectivity index (χ1v) is 3.32. The summed E-state index contributed by atoms with van der Waals surface area (Å²) >= 11 is 0. The predicted octanol–water partition coefficient (Wildman–Crippen LogP) is 1.64. The van der Waals surface area contributed by atoms with Crippen LogP contribution in [0.15, 0.2) is 12.3 Å². The fourth-order valence-corrected chi connectivity index (χ4v) is 0.712. The number of aromatic nitrogens is 2. The summed E-state index contributed by atoms with van der Waals surface area (Å²) in [6, 6.07) is 1.80. The van der Waals surface area contributed by atoms with Crippen molar-refractivity contribution in [3.05, 3.63) is 12.3 Å². The van der Waals surface area contributed by atoms with E-state index >= 15 is 0 Å². The maximum Gasteiger partial charge on any atom is 0.145 e. The Morgan fingerprint density at radius 2 is 2.00 bits per heavy atom. The van der Waals surface area contributed by atoms with Gasteiger partial charge in [0.05, 0.1) is 5.54 Å². The zero-order valence-electron chi connectivity index (χ0n) is 7.03. The molecule has 0 aliphatic rings. The molecule has 0 saturated carbocycles. The largest absolute Gasteiger partial charge is 0.382 e. The molecule has 0 aliphatic heterocycles. The van der Waals surface area contributed by atoms with Gasteiger partial charge in [-0.15, -0.1) is 12.4 Å². The van der Waals surface area contributed by atoms with E-state index in [0.29, 0.717) is 5.82 Å². The SMILES string of the molecule is CC(C)(C)n1ccc(N)n1.Cl.